The SMILES string of the molecule is c1cc2c(c(OCC3CCCOC3)c1)NCCC2. The van der Waals surface area contributed by atoms with E-state index < -0.39 is 0 Å². The first kappa shape index (κ1) is 11.8. The number of hydrogen-bond acceptors (Lipinski definition) is 3. The van der Waals surface area contributed by atoms with Crippen LogP contribution in [-0.2, 0) is 11.2 Å². The van der Waals surface area contributed by atoms with Crippen molar-refractivity contribution in [3.8, 4) is 5.75 Å². The van der Waals surface area contributed by atoms with Crippen molar-refractivity contribution in [3.63, 3.8) is 0 Å². The Labute approximate surface area is 108 Å². The lowest BCUT2D eigenvalue weighted by Gasteiger charge is -2.25. The van der Waals surface area contributed by atoms with Crippen molar-refractivity contribution in [1.29, 1.82) is 0 Å². The molecule has 1 fully saturated rings. The average molecular weight is 247 g/mol. The summed E-state index contributed by atoms with van der Waals surface area (Å²) in [6.07, 6.45) is 4.76. The summed E-state index contributed by atoms with van der Waals surface area (Å²) in [5.41, 5.74) is 2.60. The molecule has 3 heteroatoms. The summed E-state index contributed by atoms with van der Waals surface area (Å²) in [5.74, 6) is 1.57. The third-order valence-corrected chi connectivity index (χ3v) is 3.77. The Bertz CT molecular complexity index is 399. The van der Waals surface area contributed by atoms with Gasteiger partial charge in [-0.3, -0.25) is 0 Å². The molecule has 18 heavy (non-hydrogen) atoms. The van der Waals surface area contributed by atoms with E-state index in [9.17, 15) is 0 Å². The number of para-hydroxylation sites is 1. The van der Waals surface area contributed by atoms with Crippen LogP contribution in [0.4, 0.5) is 5.69 Å². The van der Waals surface area contributed by atoms with Crippen LogP contribution >= 0.6 is 0 Å². The van der Waals surface area contributed by atoms with Gasteiger partial charge in [-0.1, -0.05) is 12.1 Å². The summed E-state index contributed by atoms with van der Waals surface area (Å²) in [6.45, 7) is 3.60. The lowest BCUT2D eigenvalue weighted by atomic mass is 10.0. The minimum atomic E-state index is 0.554. The molecule has 3 nitrogen and oxygen atoms in total. The van der Waals surface area contributed by atoms with Gasteiger partial charge in [0.2, 0.25) is 0 Å². The zero-order chi connectivity index (χ0) is 12.2. The first-order valence-corrected chi connectivity index (χ1v) is 7.00. The lowest BCUT2D eigenvalue weighted by Crippen LogP contribution is -2.23. The smallest absolute Gasteiger partial charge is 0.142 e. The fourth-order valence-corrected chi connectivity index (χ4v) is 2.74. The molecular formula is C15H21NO2. The number of rotatable bonds is 3. The van der Waals surface area contributed by atoms with Gasteiger partial charge in [-0.2, -0.15) is 0 Å². The molecule has 1 N–H and O–H groups in total. The Balaban J connectivity index is 1.65. The third kappa shape index (κ3) is 2.61. The summed E-state index contributed by atoms with van der Waals surface area (Å²) >= 11 is 0. The second kappa shape index (κ2) is 5.61. The number of aryl methyl sites for hydroxylation is 1. The number of ether oxygens (including phenoxy) is 2. The summed E-state index contributed by atoms with van der Waals surface area (Å²) < 4.78 is 11.5. The highest BCUT2D eigenvalue weighted by atomic mass is 16.5. The summed E-state index contributed by atoms with van der Waals surface area (Å²) in [6, 6.07) is 6.36. The molecule has 2 aliphatic rings. The van der Waals surface area contributed by atoms with Gasteiger partial charge in [-0.15, -0.1) is 0 Å². The van der Waals surface area contributed by atoms with Crippen molar-refractivity contribution in [2.75, 3.05) is 31.7 Å². The Morgan fingerprint density at radius 3 is 3.22 bits per heavy atom. The van der Waals surface area contributed by atoms with E-state index in [1.807, 2.05) is 0 Å². The van der Waals surface area contributed by atoms with Crippen LogP contribution in [0.1, 0.15) is 24.8 Å². The predicted octanol–water partition coefficient (Wildman–Crippen LogP) is 2.85. The first-order valence-electron chi connectivity index (χ1n) is 7.00. The Kier molecular flexibility index (Phi) is 3.69. The summed E-state index contributed by atoms with van der Waals surface area (Å²) in [4.78, 5) is 0. The molecule has 1 aromatic rings. The molecular weight excluding hydrogens is 226 g/mol. The minimum Gasteiger partial charge on any atom is -0.491 e. The molecule has 1 aromatic carbocycles. The van der Waals surface area contributed by atoms with Crippen LogP contribution in [0.5, 0.6) is 5.75 Å². The van der Waals surface area contributed by atoms with Gasteiger partial charge in [-0.25, -0.2) is 0 Å². The van der Waals surface area contributed by atoms with E-state index in [4.69, 9.17) is 9.47 Å². The molecule has 3 rings (SSSR count). The zero-order valence-electron chi connectivity index (χ0n) is 10.8. The standard InChI is InChI=1S/C15H21NO2/c1-5-13-6-2-8-16-15(13)14(7-1)18-11-12-4-3-9-17-10-12/h1,5,7,12,16H,2-4,6,8-11H2. The van der Waals surface area contributed by atoms with Gasteiger partial charge in [0.15, 0.2) is 0 Å². The predicted molar refractivity (Wildman–Crippen MR) is 72.3 cm³/mol. The molecule has 0 saturated carbocycles. The van der Waals surface area contributed by atoms with Gasteiger partial charge in [0.25, 0.3) is 0 Å². The highest BCUT2D eigenvalue weighted by Crippen LogP contribution is 2.32. The van der Waals surface area contributed by atoms with E-state index in [1.165, 1.54) is 30.5 Å². The Hall–Kier alpha value is -1.22. The van der Waals surface area contributed by atoms with Crippen LogP contribution in [0.2, 0.25) is 0 Å². The van der Waals surface area contributed by atoms with Crippen molar-refractivity contribution in [2.45, 2.75) is 25.7 Å². The molecule has 0 spiro atoms. The number of nitrogens with one attached hydrogen (secondary N) is 1. The molecule has 0 radical (unpaired) electrons. The number of fused-ring (bicyclic) bond motifs is 1. The second-order valence-electron chi connectivity index (χ2n) is 5.21. The van der Waals surface area contributed by atoms with Crippen molar-refractivity contribution in [2.24, 2.45) is 5.92 Å². The maximum Gasteiger partial charge on any atom is 0.142 e. The molecule has 1 unspecified atom stereocenters. The fourth-order valence-electron chi connectivity index (χ4n) is 2.74. The van der Waals surface area contributed by atoms with Crippen LogP contribution in [0.15, 0.2) is 18.2 Å². The third-order valence-electron chi connectivity index (χ3n) is 3.77. The normalized spacial score (nSPS) is 23.0. The maximum atomic E-state index is 6.00. The van der Waals surface area contributed by atoms with Crippen LogP contribution in [-0.4, -0.2) is 26.4 Å². The van der Waals surface area contributed by atoms with Gasteiger partial charge in [-0.05, 0) is 37.3 Å². The average Bonchev–Trinajstić information content (AvgIpc) is 2.46. The van der Waals surface area contributed by atoms with Crippen LogP contribution in [0.3, 0.4) is 0 Å². The van der Waals surface area contributed by atoms with Gasteiger partial charge in [0.1, 0.15) is 5.75 Å². The van der Waals surface area contributed by atoms with Crippen molar-refractivity contribution >= 4 is 5.69 Å². The van der Waals surface area contributed by atoms with Crippen LogP contribution in [0.25, 0.3) is 0 Å². The van der Waals surface area contributed by atoms with E-state index in [0.29, 0.717) is 5.92 Å². The Morgan fingerprint density at radius 2 is 2.33 bits per heavy atom. The van der Waals surface area contributed by atoms with E-state index in [-0.39, 0.29) is 0 Å². The molecule has 2 aliphatic heterocycles. The molecule has 0 aliphatic carbocycles. The number of anilines is 1. The monoisotopic (exact) mass is 247 g/mol. The van der Waals surface area contributed by atoms with E-state index in [0.717, 1.165) is 38.5 Å². The Morgan fingerprint density at radius 1 is 1.33 bits per heavy atom. The van der Waals surface area contributed by atoms with Gasteiger partial charge >= 0.3 is 0 Å². The van der Waals surface area contributed by atoms with Gasteiger partial charge < -0.3 is 14.8 Å². The highest BCUT2D eigenvalue weighted by molar-refractivity contribution is 5.63. The molecule has 0 aromatic heterocycles. The zero-order valence-corrected chi connectivity index (χ0v) is 10.8. The fraction of sp³-hybridized carbons (Fsp3) is 0.600. The molecule has 2 heterocycles. The highest BCUT2D eigenvalue weighted by Gasteiger charge is 2.17. The van der Waals surface area contributed by atoms with E-state index >= 15 is 0 Å². The quantitative estimate of drug-likeness (QED) is 0.891. The molecule has 0 amide bonds. The first-order chi connectivity index (χ1) is 8.93. The van der Waals surface area contributed by atoms with Gasteiger partial charge in [0.05, 0.1) is 18.9 Å². The lowest BCUT2D eigenvalue weighted by molar-refractivity contribution is 0.0353. The van der Waals surface area contributed by atoms with Crippen LogP contribution in [0, 0.1) is 5.92 Å². The van der Waals surface area contributed by atoms with E-state index in [2.05, 4.69) is 23.5 Å². The summed E-state index contributed by atoms with van der Waals surface area (Å²) in [5, 5.41) is 3.46. The topological polar surface area (TPSA) is 30.5 Å². The van der Waals surface area contributed by atoms with Crippen molar-refractivity contribution < 1.29 is 9.47 Å². The molecule has 1 saturated heterocycles. The molecule has 0 bridgehead atoms. The van der Waals surface area contributed by atoms with Crippen molar-refractivity contribution in [1.82, 2.24) is 0 Å². The minimum absolute atomic E-state index is 0.554. The van der Waals surface area contributed by atoms with Gasteiger partial charge in [0, 0.05) is 19.1 Å². The van der Waals surface area contributed by atoms with Crippen LogP contribution < -0.4 is 10.1 Å². The number of hydrogen-bond donors (Lipinski definition) is 1. The maximum absolute atomic E-state index is 6.00. The molecule has 1 atom stereocenters. The molecule has 98 valence electrons. The van der Waals surface area contributed by atoms with E-state index in [1.54, 1.807) is 0 Å². The number of benzene rings is 1. The largest absolute Gasteiger partial charge is 0.491 e. The second-order valence-corrected chi connectivity index (χ2v) is 5.21. The summed E-state index contributed by atoms with van der Waals surface area (Å²) in [7, 11) is 0. The van der Waals surface area contributed by atoms with Crippen molar-refractivity contribution in [3.05, 3.63) is 23.8 Å².